The first-order valence-corrected chi connectivity index (χ1v) is 9.25. The minimum atomic E-state index is -3.55. The van der Waals surface area contributed by atoms with Gasteiger partial charge in [0.25, 0.3) is 0 Å². The second-order valence-electron chi connectivity index (χ2n) is 5.46. The molecule has 0 bridgehead atoms. The van der Waals surface area contributed by atoms with Gasteiger partial charge in [-0.2, -0.15) is 0 Å². The number of ether oxygens (including phenoxy) is 2. The van der Waals surface area contributed by atoms with Crippen LogP contribution in [-0.4, -0.2) is 22.6 Å². The molecule has 0 aliphatic rings. The number of rotatable bonds is 6. The molecule has 6 heteroatoms. The van der Waals surface area contributed by atoms with Gasteiger partial charge in [0.2, 0.25) is 0 Å². The van der Waals surface area contributed by atoms with Crippen LogP contribution in [0.5, 0.6) is 11.5 Å². The minimum Gasteiger partial charge on any atom is -0.496 e. The van der Waals surface area contributed by atoms with Crippen molar-refractivity contribution in [2.24, 2.45) is 0 Å². The summed E-state index contributed by atoms with van der Waals surface area (Å²) in [6, 6.07) is 13.8. The van der Waals surface area contributed by atoms with Crippen molar-refractivity contribution in [1.29, 1.82) is 0 Å². The van der Waals surface area contributed by atoms with E-state index < -0.39 is 9.84 Å². The second-order valence-corrected chi connectivity index (χ2v) is 7.41. The largest absolute Gasteiger partial charge is 0.496 e. The van der Waals surface area contributed by atoms with Gasteiger partial charge in [-0.1, -0.05) is 24.3 Å². The SMILES string of the molecule is COc1cc(CS(=O)(=O)c2ccccc2OC)ccc1-c1ccoc1. The Morgan fingerprint density at radius 2 is 1.72 bits per heavy atom. The van der Waals surface area contributed by atoms with Crippen LogP contribution >= 0.6 is 0 Å². The number of hydrogen-bond acceptors (Lipinski definition) is 5. The van der Waals surface area contributed by atoms with Gasteiger partial charge in [0.15, 0.2) is 9.84 Å². The lowest BCUT2D eigenvalue weighted by Crippen LogP contribution is -2.07. The van der Waals surface area contributed by atoms with Gasteiger partial charge in [-0.05, 0) is 29.8 Å². The van der Waals surface area contributed by atoms with Gasteiger partial charge in [-0.25, -0.2) is 8.42 Å². The van der Waals surface area contributed by atoms with Gasteiger partial charge >= 0.3 is 0 Å². The predicted octanol–water partition coefficient (Wildman–Crippen LogP) is 3.94. The van der Waals surface area contributed by atoms with Crippen molar-refractivity contribution in [2.75, 3.05) is 14.2 Å². The molecule has 0 amide bonds. The maximum absolute atomic E-state index is 12.8. The van der Waals surface area contributed by atoms with E-state index in [4.69, 9.17) is 13.9 Å². The molecule has 0 N–H and O–H groups in total. The van der Waals surface area contributed by atoms with Crippen LogP contribution < -0.4 is 9.47 Å². The third kappa shape index (κ3) is 3.53. The van der Waals surface area contributed by atoms with Crippen molar-refractivity contribution < 1.29 is 22.3 Å². The zero-order valence-electron chi connectivity index (χ0n) is 13.9. The van der Waals surface area contributed by atoms with Crippen molar-refractivity contribution >= 4 is 9.84 Å². The highest BCUT2D eigenvalue weighted by Crippen LogP contribution is 2.33. The summed E-state index contributed by atoms with van der Waals surface area (Å²) >= 11 is 0. The number of para-hydroxylation sites is 1. The van der Waals surface area contributed by atoms with Crippen LogP contribution in [0.25, 0.3) is 11.1 Å². The third-order valence-electron chi connectivity index (χ3n) is 3.86. The molecule has 0 aliphatic carbocycles. The van der Waals surface area contributed by atoms with Gasteiger partial charge in [-0.3, -0.25) is 0 Å². The fourth-order valence-electron chi connectivity index (χ4n) is 2.65. The second kappa shape index (κ2) is 7.03. The Labute approximate surface area is 146 Å². The van der Waals surface area contributed by atoms with E-state index in [9.17, 15) is 8.42 Å². The van der Waals surface area contributed by atoms with Crippen molar-refractivity contribution in [3.63, 3.8) is 0 Å². The van der Waals surface area contributed by atoms with Crippen LogP contribution in [0.1, 0.15) is 5.56 Å². The molecule has 0 unspecified atom stereocenters. The highest BCUT2D eigenvalue weighted by Gasteiger charge is 2.20. The molecule has 0 spiro atoms. The Bertz CT molecular complexity index is 959. The van der Waals surface area contributed by atoms with Gasteiger partial charge in [-0.15, -0.1) is 0 Å². The van der Waals surface area contributed by atoms with E-state index >= 15 is 0 Å². The summed E-state index contributed by atoms with van der Waals surface area (Å²) in [4.78, 5) is 0.176. The molecular weight excluding hydrogens is 340 g/mol. The van der Waals surface area contributed by atoms with Crippen LogP contribution in [0, 0.1) is 0 Å². The molecule has 130 valence electrons. The van der Waals surface area contributed by atoms with Crippen LogP contribution in [0.2, 0.25) is 0 Å². The molecule has 0 atom stereocenters. The molecule has 5 nitrogen and oxygen atoms in total. The third-order valence-corrected chi connectivity index (χ3v) is 5.58. The Kier molecular flexibility index (Phi) is 4.81. The molecule has 1 heterocycles. The summed E-state index contributed by atoms with van der Waals surface area (Å²) < 4.78 is 41.2. The summed E-state index contributed by atoms with van der Waals surface area (Å²) in [5, 5.41) is 0. The summed E-state index contributed by atoms with van der Waals surface area (Å²) in [7, 11) is -0.538. The molecule has 0 aliphatic heterocycles. The number of furan rings is 1. The standard InChI is InChI=1S/C19H18O5S/c1-22-17-5-3-4-6-19(17)25(20,21)13-14-7-8-16(18(11-14)23-2)15-9-10-24-12-15/h3-12H,13H2,1-2H3. The number of benzene rings is 2. The molecule has 1 aromatic heterocycles. The highest BCUT2D eigenvalue weighted by molar-refractivity contribution is 7.90. The molecule has 25 heavy (non-hydrogen) atoms. The number of sulfone groups is 1. The van der Waals surface area contributed by atoms with E-state index in [1.54, 1.807) is 56.0 Å². The predicted molar refractivity (Wildman–Crippen MR) is 94.6 cm³/mol. The lowest BCUT2D eigenvalue weighted by molar-refractivity contribution is 0.402. The quantitative estimate of drug-likeness (QED) is 0.668. The Morgan fingerprint density at radius 1 is 0.960 bits per heavy atom. The van der Waals surface area contributed by atoms with Crippen LogP contribution in [-0.2, 0) is 15.6 Å². The van der Waals surface area contributed by atoms with Crippen molar-refractivity contribution in [3.05, 3.63) is 66.6 Å². The molecule has 0 radical (unpaired) electrons. The molecule has 3 aromatic rings. The van der Waals surface area contributed by atoms with E-state index in [1.165, 1.54) is 7.11 Å². The van der Waals surface area contributed by atoms with Crippen molar-refractivity contribution in [3.8, 4) is 22.6 Å². The molecular formula is C19H18O5S. The average molecular weight is 358 g/mol. The molecule has 0 saturated heterocycles. The minimum absolute atomic E-state index is 0.143. The number of methoxy groups -OCH3 is 2. The van der Waals surface area contributed by atoms with Gasteiger partial charge < -0.3 is 13.9 Å². The summed E-state index contributed by atoms with van der Waals surface area (Å²) in [5.41, 5.74) is 2.35. The molecule has 0 fully saturated rings. The normalized spacial score (nSPS) is 11.3. The van der Waals surface area contributed by atoms with E-state index in [0.717, 1.165) is 11.1 Å². The van der Waals surface area contributed by atoms with Gasteiger partial charge in [0.1, 0.15) is 16.4 Å². The lowest BCUT2D eigenvalue weighted by Gasteiger charge is -2.12. The summed E-state index contributed by atoms with van der Waals surface area (Å²) in [6.07, 6.45) is 3.19. The lowest BCUT2D eigenvalue weighted by atomic mass is 10.1. The Balaban J connectivity index is 1.95. The van der Waals surface area contributed by atoms with Crippen LogP contribution in [0.15, 0.2) is 70.4 Å². The Hall–Kier alpha value is -2.73. The van der Waals surface area contributed by atoms with Crippen LogP contribution in [0.4, 0.5) is 0 Å². The monoisotopic (exact) mass is 358 g/mol. The summed E-state index contributed by atoms with van der Waals surface area (Å²) in [5.74, 6) is 0.786. The molecule has 3 rings (SSSR count). The topological polar surface area (TPSA) is 65.7 Å². The maximum Gasteiger partial charge on any atom is 0.186 e. The molecule has 2 aromatic carbocycles. The first-order chi connectivity index (χ1) is 12.0. The van der Waals surface area contributed by atoms with E-state index in [1.807, 2.05) is 12.1 Å². The van der Waals surface area contributed by atoms with E-state index in [-0.39, 0.29) is 10.6 Å². The fraction of sp³-hybridized carbons (Fsp3) is 0.158. The van der Waals surface area contributed by atoms with E-state index in [0.29, 0.717) is 17.1 Å². The van der Waals surface area contributed by atoms with Crippen LogP contribution in [0.3, 0.4) is 0 Å². The first kappa shape index (κ1) is 17.1. The zero-order chi connectivity index (χ0) is 17.9. The Morgan fingerprint density at radius 3 is 2.40 bits per heavy atom. The zero-order valence-corrected chi connectivity index (χ0v) is 14.7. The first-order valence-electron chi connectivity index (χ1n) is 7.60. The summed E-state index contributed by atoms with van der Waals surface area (Å²) in [6.45, 7) is 0. The van der Waals surface area contributed by atoms with E-state index in [2.05, 4.69) is 0 Å². The van der Waals surface area contributed by atoms with Crippen molar-refractivity contribution in [2.45, 2.75) is 10.6 Å². The number of hydrogen-bond donors (Lipinski definition) is 0. The van der Waals surface area contributed by atoms with Gasteiger partial charge in [0, 0.05) is 11.1 Å². The van der Waals surface area contributed by atoms with Gasteiger partial charge in [0.05, 0.1) is 32.5 Å². The average Bonchev–Trinajstić information content (AvgIpc) is 3.15. The van der Waals surface area contributed by atoms with Crippen molar-refractivity contribution in [1.82, 2.24) is 0 Å². The fourth-order valence-corrected chi connectivity index (χ4v) is 4.17. The molecule has 0 saturated carbocycles. The maximum atomic E-state index is 12.8. The smallest absolute Gasteiger partial charge is 0.186 e. The highest BCUT2D eigenvalue weighted by atomic mass is 32.2.